The maximum absolute atomic E-state index is 13.9. The van der Waals surface area contributed by atoms with Crippen LogP contribution < -0.4 is 42.5 Å². The number of esters is 4. The van der Waals surface area contributed by atoms with Gasteiger partial charge in [0.25, 0.3) is 0 Å². The Balaban J connectivity index is 1.28. The van der Waals surface area contributed by atoms with E-state index < -0.39 is 112 Å². The van der Waals surface area contributed by atoms with Gasteiger partial charge in [-0.1, -0.05) is 47.7 Å². The number of nitrogens with one attached hydrogen (secondary N) is 8. The van der Waals surface area contributed by atoms with Crippen molar-refractivity contribution in [3.05, 3.63) is 66.4 Å². The summed E-state index contributed by atoms with van der Waals surface area (Å²) in [4.78, 5) is 130. The third-order valence-corrected chi connectivity index (χ3v) is 14.7. The molecule has 0 aliphatic heterocycles. The molecule has 1 aromatic heterocycles. The molecule has 0 bridgehead atoms. The van der Waals surface area contributed by atoms with Crippen LogP contribution in [0.3, 0.4) is 0 Å². The molecule has 33 heteroatoms. The van der Waals surface area contributed by atoms with Gasteiger partial charge in [-0.3, -0.25) is 14.4 Å². The van der Waals surface area contributed by atoms with Crippen molar-refractivity contribution < 1.29 is 105 Å². The number of unbranched alkanes of at least 4 members (excludes halogenated alkanes) is 3. The molecule has 0 spiro atoms. The number of urea groups is 2. The van der Waals surface area contributed by atoms with Gasteiger partial charge in [0, 0.05) is 43.7 Å². The Kier molecular flexibility index (Phi) is 44.2. The lowest BCUT2D eigenvalue weighted by Crippen LogP contribution is -2.53. The highest BCUT2D eigenvalue weighted by Gasteiger charge is 2.33. The summed E-state index contributed by atoms with van der Waals surface area (Å²) in [7, 11) is 0. The van der Waals surface area contributed by atoms with E-state index >= 15 is 0 Å². The molecule has 3 rings (SSSR count). The molecule has 110 heavy (non-hydrogen) atoms. The number of aromatic nitrogens is 3. The topological polar surface area (TPSA) is 408 Å². The third-order valence-electron chi connectivity index (χ3n) is 14.7. The van der Waals surface area contributed by atoms with E-state index in [1.807, 2.05) is 36.4 Å². The molecule has 0 unspecified atom stereocenters. The molecule has 33 nitrogen and oxygen atoms in total. The van der Waals surface area contributed by atoms with Gasteiger partial charge in [0.05, 0.1) is 92.0 Å². The van der Waals surface area contributed by atoms with Gasteiger partial charge in [0.1, 0.15) is 64.5 Å². The minimum Gasteiger partial charge on any atom is -0.460 e. The predicted octanol–water partition coefficient (Wildman–Crippen LogP) is 8.67. The van der Waals surface area contributed by atoms with Gasteiger partial charge in [0.15, 0.2) is 0 Å². The van der Waals surface area contributed by atoms with E-state index in [1.165, 1.54) is 0 Å². The summed E-state index contributed by atoms with van der Waals surface area (Å²) in [5.74, 6) is -3.67. The molecule has 0 saturated heterocycles. The highest BCUT2D eigenvalue weighted by atomic mass is 16.6. The molecule has 3 aromatic rings. The quantitative estimate of drug-likeness (QED) is 0.0149. The van der Waals surface area contributed by atoms with Crippen molar-refractivity contribution in [2.45, 2.75) is 246 Å². The zero-order chi connectivity index (χ0) is 81.6. The number of carbonyl (C=O) groups excluding carboxylic acids is 10. The van der Waals surface area contributed by atoms with Crippen molar-refractivity contribution in [2.24, 2.45) is 0 Å². The minimum atomic E-state index is -1.23. The van der Waals surface area contributed by atoms with Gasteiger partial charge in [-0.25, -0.2) is 38.2 Å². The van der Waals surface area contributed by atoms with E-state index in [9.17, 15) is 47.9 Å². The Hall–Kier alpha value is -8.76. The number of rotatable bonds is 51. The van der Waals surface area contributed by atoms with Crippen LogP contribution in [0.1, 0.15) is 186 Å². The second kappa shape index (κ2) is 50.9. The molecular formula is C77H125N11O22. The Labute approximate surface area is 648 Å². The first-order chi connectivity index (χ1) is 51.8. The lowest BCUT2D eigenvalue weighted by molar-refractivity contribution is -0.160. The Morgan fingerprint density at radius 2 is 0.864 bits per heavy atom. The van der Waals surface area contributed by atoms with Gasteiger partial charge in [-0.2, -0.15) is 0 Å². The van der Waals surface area contributed by atoms with Gasteiger partial charge < -0.3 is 99.4 Å². The molecule has 8 N–H and O–H groups in total. The highest BCUT2D eigenvalue weighted by Crippen LogP contribution is 2.22. The summed E-state index contributed by atoms with van der Waals surface area (Å²) >= 11 is 0. The molecule has 2 aromatic carbocycles. The maximum atomic E-state index is 13.9. The van der Waals surface area contributed by atoms with Crippen molar-refractivity contribution in [3.8, 4) is 11.3 Å². The zero-order valence-corrected chi connectivity index (χ0v) is 67.4. The van der Waals surface area contributed by atoms with Crippen LogP contribution in [0.2, 0.25) is 0 Å². The number of anilines is 1. The van der Waals surface area contributed by atoms with Gasteiger partial charge in [0.2, 0.25) is 11.8 Å². The fourth-order valence-corrected chi connectivity index (χ4v) is 9.77. The Morgan fingerprint density at radius 3 is 1.36 bits per heavy atom. The summed E-state index contributed by atoms with van der Waals surface area (Å²) in [6, 6.07) is 10.7. The normalized spacial score (nSPS) is 12.9. The van der Waals surface area contributed by atoms with E-state index in [0.29, 0.717) is 116 Å². The number of hydrogen-bond donors (Lipinski definition) is 8. The number of ether oxygens (including phenoxy) is 12. The lowest BCUT2D eigenvalue weighted by Gasteiger charge is -2.27. The third kappa shape index (κ3) is 48.7. The Morgan fingerprint density at radius 1 is 0.418 bits per heavy atom. The SMILES string of the molecule is CC(C)(C)OC(=O)CC[C@H](NC(=O)N[C@@H](CCCCNC(=O)Nc1cccc(-c2cn(CCOCCOCCOCCOCCOCCOCCC(=O)N[C@@H](CCCCNC(=O)OC(C)(C)C)C(=O)N[C@@H](CCCCNC(=O)OCc3ccccc3)C(=O)OC(C)(C)C)nn2)c1)C(=O)OC(C)(C)C)C(=O)OC(C)(C)C. The predicted molar refractivity (Wildman–Crippen MR) is 408 cm³/mol. The first-order valence-electron chi connectivity index (χ1n) is 37.8. The van der Waals surface area contributed by atoms with Crippen LogP contribution in [0.4, 0.5) is 24.9 Å². The van der Waals surface area contributed by atoms with Gasteiger partial charge in [-0.15, -0.1) is 5.10 Å². The van der Waals surface area contributed by atoms with Crippen LogP contribution in [-0.4, -0.2) is 226 Å². The minimum absolute atomic E-state index is 0.0525. The van der Waals surface area contributed by atoms with Crippen molar-refractivity contribution in [2.75, 3.05) is 104 Å². The van der Waals surface area contributed by atoms with E-state index in [2.05, 4.69) is 52.8 Å². The summed E-state index contributed by atoms with van der Waals surface area (Å²) in [6.45, 7) is 30.7. The van der Waals surface area contributed by atoms with E-state index in [1.54, 1.807) is 133 Å². The van der Waals surface area contributed by atoms with Crippen molar-refractivity contribution in [1.29, 1.82) is 0 Å². The number of benzene rings is 2. The van der Waals surface area contributed by atoms with Crippen molar-refractivity contribution in [3.63, 3.8) is 0 Å². The Bertz CT molecular complexity index is 3230. The summed E-state index contributed by atoms with van der Waals surface area (Å²) < 4.78 is 68.1. The standard InChI is InChI=1S/C77H125N11O22/c1-73(2,3)106-64(90)34-33-61(68(94)109-76(10,11)12)85-70(96)84-60(67(93)108-75(7,8)9)32-20-22-36-78-69(95)81-57-29-25-28-56(52-57)62-53-88(87-86-62)39-41-100-43-45-102-47-49-104-51-50-103-48-46-101-44-42-99-40-35-63(89)82-58(30-19-23-38-80-72(98)110-77(13,14)15)65(91)83-59(66(92)107-74(4,5)6)31-21-24-37-79-71(97)105-54-55-26-17-16-18-27-55/h16-18,25-29,52-53,58-61H,19-24,30-51,54H2,1-15H3,(H,79,97)(H,80,98)(H,82,89)(H,83,91)(H2,78,81,95)(H2,84,85,96)/t58-,59-,60-,61-/m0/s1. The summed E-state index contributed by atoms with van der Waals surface area (Å²) in [6.07, 6.45) is 3.47. The first kappa shape index (κ1) is 95.4. The zero-order valence-electron chi connectivity index (χ0n) is 67.4. The second-order valence-corrected chi connectivity index (χ2v) is 30.8. The van der Waals surface area contributed by atoms with Gasteiger partial charge >= 0.3 is 48.1 Å². The smallest absolute Gasteiger partial charge is 0.407 e. The number of alkyl carbamates (subject to hydrolysis) is 2. The van der Waals surface area contributed by atoms with Crippen molar-refractivity contribution in [1.82, 2.24) is 52.2 Å². The van der Waals surface area contributed by atoms with E-state index in [4.69, 9.17) is 56.8 Å². The van der Waals surface area contributed by atoms with Crippen LogP contribution in [0.15, 0.2) is 60.8 Å². The number of amides is 8. The molecule has 1 heterocycles. The van der Waals surface area contributed by atoms with E-state index in [0.717, 1.165) is 11.1 Å². The highest BCUT2D eigenvalue weighted by molar-refractivity contribution is 5.92. The number of carbonyl (C=O) groups is 10. The summed E-state index contributed by atoms with van der Waals surface area (Å²) in [5.41, 5.74) is -1.35. The van der Waals surface area contributed by atoms with Crippen molar-refractivity contribution >= 4 is 65.6 Å². The second-order valence-electron chi connectivity index (χ2n) is 30.8. The van der Waals surface area contributed by atoms with Crippen LogP contribution in [0, 0.1) is 0 Å². The monoisotopic (exact) mass is 1560 g/mol. The molecule has 0 saturated carbocycles. The molecule has 8 amide bonds. The maximum Gasteiger partial charge on any atom is 0.407 e. The van der Waals surface area contributed by atoms with Crippen LogP contribution in [0.5, 0.6) is 0 Å². The molecule has 4 atom stereocenters. The largest absolute Gasteiger partial charge is 0.460 e. The van der Waals surface area contributed by atoms with Gasteiger partial charge in [-0.05, 0) is 186 Å². The average molecular weight is 1560 g/mol. The van der Waals surface area contributed by atoms with Crippen LogP contribution in [0.25, 0.3) is 11.3 Å². The van der Waals surface area contributed by atoms with Crippen LogP contribution >= 0.6 is 0 Å². The number of hydrogen-bond acceptors (Lipinski definition) is 24. The molecule has 0 aliphatic carbocycles. The molecular weight excluding hydrogens is 1430 g/mol. The fraction of sp³-hybridized carbons (Fsp3) is 0.688. The molecule has 0 fully saturated rings. The van der Waals surface area contributed by atoms with Crippen LogP contribution in [-0.2, 0) is 98.8 Å². The molecule has 620 valence electrons. The number of nitrogens with zero attached hydrogens (tertiary/aromatic N) is 3. The van der Waals surface area contributed by atoms with E-state index in [-0.39, 0.29) is 84.6 Å². The fourth-order valence-electron chi connectivity index (χ4n) is 9.77. The average Bonchev–Trinajstić information content (AvgIpc) is 1.66. The summed E-state index contributed by atoms with van der Waals surface area (Å²) in [5, 5.41) is 30.3. The lowest BCUT2D eigenvalue weighted by atomic mass is 10.1. The molecule has 0 aliphatic rings. The first-order valence-corrected chi connectivity index (χ1v) is 37.8. The molecule has 0 radical (unpaired) electrons.